The summed E-state index contributed by atoms with van der Waals surface area (Å²) in [6.45, 7) is 5.59. The minimum atomic E-state index is -0.0175. The minimum absolute atomic E-state index is 0.0175. The number of methoxy groups -OCH3 is 1. The molecule has 4 nitrogen and oxygen atoms in total. The van der Waals surface area contributed by atoms with Gasteiger partial charge in [0.2, 0.25) is 5.91 Å². The molecule has 1 aromatic rings. The summed E-state index contributed by atoms with van der Waals surface area (Å²) in [7, 11) is 1.62. The van der Waals surface area contributed by atoms with E-state index >= 15 is 0 Å². The molecule has 106 valence electrons. The van der Waals surface area contributed by atoms with Crippen LogP contribution in [-0.2, 0) is 4.79 Å². The molecule has 0 fully saturated rings. The number of amides is 1. The second-order valence-electron chi connectivity index (χ2n) is 4.59. The van der Waals surface area contributed by atoms with Crippen LogP contribution in [0.15, 0.2) is 24.3 Å². The van der Waals surface area contributed by atoms with E-state index in [9.17, 15) is 4.79 Å². The first-order valence-corrected chi connectivity index (χ1v) is 6.84. The normalized spacial score (nSPS) is 10.5. The Hall–Kier alpha value is -1.55. The van der Waals surface area contributed by atoms with Gasteiger partial charge in [-0.25, -0.2) is 0 Å². The number of benzene rings is 1. The van der Waals surface area contributed by atoms with Crippen LogP contribution in [0, 0.1) is 5.92 Å². The summed E-state index contributed by atoms with van der Waals surface area (Å²) < 4.78 is 5.07. The predicted molar refractivity (Wildman–Crippen MR) is 78.6 cm³/mol. The lowest BCUT2D eigenvalue weighted by molar-refractivity contribution is -0.115. The summed E-state index contributed by atoms with van der Waals surface area (Å²) in [5, 5.41) is 6.04. The second-order valence-corrected chi connectivity index (χ2v) is 4.59. The van der Waals surface area contributed by atoms with Crippen LogP contribution in [0.25, 0.3) is 0 Å². The van der Waals surface area contributed by atoms with Crippen LogP contribution in [0.3, 0.4) is 0 Å². The average molecular weight is 264 g/mol. The van der Waals surface area contributed by atoms with Crippen molar-refractivity contribution in [3.8, 4) is 5.75 Å². The molecule has 0 radical (unpaired) electrons. The number of hydrogen-bond donors (Lipinski definition) is 2. The molecule has 0 saturated heterocycles. The molecule has 0 heterocycles. The van der Waals surface area contributed by atoms with Crippen LogP contribution in [0.2, 0.25) is 0 Å². The van der Waals surface area contributed by atoms with E-state index in [1.54, 1.807) is 7.11 Å². The van der Waals surface area contributed by atoms with Gasteiger partial charge in [0, 0.05) is 5.69 Å². The van der Waals surface area contributed by atoms with Crippen molar-refractivity contribution in [3.63, 3.8) is 0 Å². The van der Waals surface area contributed by atoms with E-state index in [0.717, 1.165) is 30.8 Å². The maximum absolute atomic E-state index is 11.7. The Labute approximate surface area is 115 Å². The highest BCUT2D eigenvalue weighted by Crippen LogP contribution is 2.14. The molecule has 0 saturated carbocycles. The zero-order valence-electron chi connectivity index (χ0n) is 12.0. The first-order valence-electron chi connectivity index (χ1n) is 6.84. The third-order valence-electron chi connectivity index (χ3n) is 3.25. The smallest absolute Gasteiger partial charge is 0.238 e. The SMILES string of the molecule is CCC(CC)CNCC(=O)Nc1ccc(OC)cc1. The molecule has 0 aliphatic rings. The molecule has 1 rings (SSSR count). The van der Waals surface area contributed by atoms with E-state index < -0.39 is 0 Å². The zero-order chi connectivity index (χ0) is 14.1. The Bertz CT molecular complexity index is 372. The maximum atomic E-state index is 11.7. The Morgan fingerprint density at radius 1 is 1.21 bits per heavy atom. The molecule has 1 aromatic carbocycles. The van der Waals surface area contributed by atoms with Gasteiger partial charge in [-0.1, -0.05) is 26.7 Å². The standard InChI is InChI=1S/C15H24N2O2/c1-4-12(5-2)10-16-11-15(18)17-13-6-8-14(19-3)9-7-13/h6-9,12,16H,4-5,10-11H2,1-3H3,(H,17,18). The molecule has 0 spiro atoms. The third-order valence-corrected chi connectivity index (χ3v) is 3.25. The van der Waals surface area contributed by atoms with Crippen molar-refractivity contribution >= 4 is 11.6 Å². The molecule has 0 bridgehead atoms. The summed E-state index contributed by atoms with van der Waals surface area (Å²) in [5.41, 5.74) is 0.787. The number of carbonyl (C=O) groups is 1. The van der Waals surface area contributed by atoms with Gasteiger partial charge in [0.1, 0.15) is 5.75 Å². The van der Waals surface area contributed by atoms with Gasteiger partial charge in [-0.05, 0) is 36.7 Å². The van der Waals surface area contributed by atoms with Gasteiger partial charge in [0.05, 0.1) is 13.7 Å². The lowest BCUT2D eigenvalue weighted by Gasteiger charge is -2.13. The first kappa shape index (κ1) is 15.5. The van der Waals surface area contributed by atoms with E-state index in [2.05, 4.69) is 24.5 Å². The molecule has 19 heavy (non-hydrogen) atoms. The van der Waals surface area contributed by atoms with Crippen molar-refractivity contribution in [1.82, 2.24) is 5.32 Å². The van der Waals surface area contributed by atoms with E-state index in [1.807, 2.05) is 24.3 Å². The van der Waals surface area contributed by atoms with Crippen molar-refractivity contribution in [2.45, 2.75) is 26.7 Å². The van der Waals surface area contributed by atoms with Crippen molar-refractivity contribution in [2.75, 3.05) is 25.5 Å². The Balaban J connectivity index is 2.30. The van der Waals surface area contributed by atoms with Gasteiger partial charge in [-0.2, -0.15) is 0 Å². The van der Waals surface area contributed by atoms with E-state index in [4.69, 9.17) is 4.74 Å². The summed E-state index contributed by atoms with van der Waals surface area (Å²) >= 11 is 0. The summed E-state index contributed by atoms with van der Waals surface area (Å²) in [5.74, 6) is 1.41. The molecule has 0 aliphatic heterocycles. The maximum Gasteiger partial charge on any atom is 0.238 e. The zero-order valence-corrected chi connectivity index (χ0v) is 12.0. The number of ether oxygens (including phenoxy) is 1. The van der Waals surface area contributed by atoms with Gasteiger partial charge in [0.15, 0.2) is 0 Å². The topological polar surface area (TPSA) is 50.4 Å². The molecule has 1 amide bonds. The molecule has 0 unspecified atom stereocenters. The number of anilines is 1. The lowest BCUT2D eigenvalue weighted by atomic mass is 10.0. The molecular formula is C15H24N2O2. The van der Waals surface area contributed by atoms with Crippen LogP contribution in [-0.4, -0.2) is 26.1 Å². The second kappa shape index (κ2) is 8.53. The highest BCUT2D eigenvalue weighted by atomic mass is 16.5. The first-order chi connectivity index (χ1) is 9.19. The van der Waals surface area contributed by atoms with Gasteiger partial charge >= 0.3 is 0 Å². The predicted octanol–water partition coefficient (Wildman–Crippen LogP) is 2.66. The van der Waals surface area contributed by atoms with E-state index in [0.29, 0.717) is 12.5 Å². The Kier molecular flexibility index (Phi) is 6.97. The molecular weight excluding hydrogens is 240 g/mol. The Morgan fingerprint density at radius 3 is 2.37 bits per heavy atom. The van der Waals surface area contributed by atoms with Gasteiger partial charge in [0.25, 0.3) is 0 Å². The van der Waals surface area contributed by atoms with Crippen LogP contribution in [0.5, 0.6) is 5.75 Å². The highest BCUT2D eigenvalue weighted by Gasteiger charge is 2.05. The van der Waals surface area contributed by atoms with Gasteiger partial charge in [-0.3, -0.25) is 4.79 Å². The van der Waals surface area contributed by atoms with Gasteiger partial charge < -0.3 is 15.4 Å². The molecule has 0 atom stereocenters. The molecule has 2 N–H and O–H groups in total. The quantitative estimate of drug-likeness (QED) is 0.759. The highest BCUT2D eigenvalue weighted by molar-refractivity contribution is 5.92. The van der Waals surface area contributed by atoms with Crippen LogP contribution < -0.4 is 15.4 Å². The summed E-state index contributed by atoms with van der Waals surface area (Å²) in [4.78, 5) is 11.7. The average Bonchev–Trinajstić information content (AvgIpc) is 2.44. The number of rotatable bonds is 8. The summed E-state index contributed by atoms with van der Waals surface area (Å²) in [6, 6.07) is 7.32. The van der Waals surface area contributed by atoms with Crippen molar-refractivity contribution < 1.29 is 9.53 Å². The lowest BCUT2D eigenvalue weighted by Crippen LogP contribution is -2.31. The van der Waals surface area contributed by atoms with E-state index in [-0.39, 0.29) is 5.91 Å². The van der Waals surface area contributed by atoms with E-state index in [1.165, 1.54) is 0 Å². The molecule has 0 aromatic heterocycles. The van der Waals surface area contributed by atoms with Crippen LogP contribution in [0.1, 0.15) is 26.7 Å². The Morgan fingerprint density at radius 2 is 1.84 bits per heavy atom. The molecule has 0 aliphatic carbocycles. The monoisotopic (exact) mass is 264 g/mol. The van der Waals surface area contributed by atoms with Gasteiger partial charge in [-0.15, -0.1) is 0 Å². The van der Waals surface area contributed by atoms with Crippen molar-refractivity contribution in [2.24, 2.45) is 5.92 Å². The minimum Gasteiger partial charge on any atom is -0.497 e. The largest absolute Gasteiger partial charge is 0.497 e. The number of hydrogen-bond acceptors (Lipinski definition) is 3. The molecule has 4 heteroatoms. The van der Waals surface area contributed by atoms with Crippen LogP contribution in [0.4, 0.5) is 5.69 Å². The van der Waals surface area contributed by atoms with Crippen molar-refractivity contribution in [1.29, 1.82) is 0 Å². The number of nitrogens with one attached hydrogen (secondary N) is 2. The van der Waals surface area contributed by atoms with Crippen molar-refractivity contribution in [3.05, 3.63) is 24.3 Å². The third kappa shape index (κ3) is 5.75. The fourth-order valence-corrected chi connectivity index (χ4v) is 1.85. The van der Waals surface area contributed by atoms with Crippen LogP contribution >= 0.6 is 0 Å². The number of carbonyl (C=O) groups excluding carboxylic acids is 1. The summed E-state index contributed by atoms with van der Waals surface area (Å²) in [6.07, 6.45) is 2.28. The fourth-order valence-electron chi connectivity index (χ4n) is 1.85. The fraction of sp³-hybridized carbons (Fsp3) is 0.533.